The molecule has 1 aliphatic rings. The van der Waals surface area contributed by atoms with E-state index in [2.05, 4.69) is 17.6 Å². The highest BCUT2D eigenvalue weighted by Gasteiger charge is 2.15. The van der Waals surface area contributed by atoms with Crippen LogP contribution in [0.2, 0.25) is 0 Å². The first-order chi connectivity index (χ1) is 7.33. The summed E-state index contributed by atoms with van der Waals surface area (Å²) in [6.45, 7) is 6.24. The first-order valence-corrected chi connectivity index (χ1v) is 6.26. The topological polar surface area (TPSA) is 33.3 Å². The second kappa shape index (κ2) is 8.08. The summed E-state index contributed by atoms with van der Waals surface area (Å²) < 4.78 is 4.98. The Bertz CT molecular complexity index is 147. The van der Waals surface area contributed by atoms with Crippen LogP contribution in [0.1, 0.15) is 32.6 Å². The highest BCUT2D eigenvalue weighted by atomic mass is 16.5. The van der Waals surface area contributed by atoms with E-state index in [1.165, 1.54) is 32.2 Å². The van der Waals surface area contributed by atoms with E-state index in [0.29, 0.717) is 6.04 Å². The van der Waals surface area contributed by atoms with Crippen molar-refractivity contribution in [1.29, 1.82) is 0 Å². The van der Waals surface area contributed by atoms with Crippen LogP contribution in [0.5, 0.6) is 0 Å². The van der Waals surface area contributed by atoms with Gasteiger partial charge in [0, 0.05) is 26.2 Å². The summed E-state index contributed by atoms with van der Waals surface area (Å²) in [5.41, 5.74) is 0. The Morgan fingerprint density at radius 1 is 1.33 bits per heavy atom. The van der Waals surface area contributed by atoms with Crippen LogP contribution in [0.4, 0.5) is 0 Å². The van der Waals surface area contributed by atoms with Crippen LogP contribution in [0.3, 0.4) is 0 Å². The van der Waals surface area contributed by atoms with Crippen molar-refractivity contribution in [2.45, 2.75) is 38.6 Å². The molecule has 0 aliphatic heterocycles. The third-order valence-corrected chi connectivity index (χ3v) is 3.16. The Labute approximate surface area is 94.0 Å². The van der Waals surface area contributed by atoms with E-state index in [1.807, 2.05) is 0 Å². The zero-order valence-electron chi connectivity index (χ0n) is 10.2. The van der Waals surface area contributed by atoms with E-state index < -0.39 is 0 Å². The number of hydrogen-bond acceptors (Lipinski definition) is 3. The first-order valence-electron chi connectivity index (χ1n) is 6.26. The van der Waals surface area contributed by atoms with Gasteiger partial charge < -0.3 is 15.4 Å². The molecule has 0 spiro atoms. The second-order valence-corrected chi connectivity index (χ2v) is 4.66. The van der Waals surface area contributed by atoms with Crippen molar-refractivity contribution in [3.63, 3.8) is 0 Å². The first kappa shape index (κ1) is 12.9. The lowest BCUT2D eigenvalue weighted by molar-refractivity contribution is 0.198. The number of ether oxygens (including phenoxy) is 1. The van der Waals surface area contributed by atoms with Crippen LogP contribution in [-0.4, -0.2) is 39.4 Å². The number of methoxy groups -OCH3 is 1. The molecular formula is C12H26N2O. The molecule has 90 valence electrons. The molecule has 1 saturated carbocycles. The molecular weight excluding hydrogens is 188 g/mol. The fourth-order valence-electron chi connectivity index (χ4n) is 2.15. The molecule has 1 aliphatic carbocycles. The minimum absolute atomic E-state index is 0.572. The van der Waals surface area contributed by atoms with Crippen molar-refractivity contribution in [3.05, 3.63) is 0 Å². The van der Waals surface area contributed by atoms with Crippen LogP contribution in [-0.2, 0) is 4.74 Å². The van der Waals surface area contributed by atoms with Crippen LogP contribution in [0.25, 0.3) is 0 Å². The zero-order chi connectivity index (χ0) is 10.9. The Hall–Kier alpha value is -0.120. The molecule has 0 heterocycles. The third-order valence-electron chi connectivity index (χ3n) is 3.16. The number of nitrogens with one attached hydrogen (secondary N) is 2. The highest BCUT2D eigenvalue weighted by molar-refractivity contribution is 4.72. The molecule has 1 unspecified atom stereocenters. The molecule has 3 nitrogen and oxygen atoms in total. The Morgan fingerprint density at radius 3 is 2.73 bits per heavy atom. The maximum absolute atomic E-state index is 4.98. The summed E-state index contributed by atoms with van der Waals surface area (Å²) in [6, 6.07) is 0.572. The lowest BCUT2D eigenvalue weighted by Gasteiger charge is -2.17. The molecule has 0 saturated heterocycles. The summed E-state index contributed by atoms with van der Waals surface area (Å²) in [4.78, 5) is 0. The average Bonchev–Trinajstić information content (AvgIpc) is 2.74. The summed E-state index contributed by atoms with van der Waals surface area (Å²) >= 11 is 0. The standard InChI is InChI=1S/C12H26N2O/c1-11(9-13-7-8-15-2)14-10-12-5-3-4-6-12/h11-14H,3-10H2,1-2H3. The molecule has 3 heteroatoms. The number of hydrogen-bond donors (Lipinski definition) is 2. The van der Waals surface area contributed by atoms with Crippen molar-refractivity contribution in [1.82, 2.24) is 10.6 Å². The molecule has 1 rings (SSSR count). The van der Waals surface area contributed by atoms with E-state index in [9.17, 15) is 0 Å². The maximum atomic E-state index is 4.98. The van der Waals surface area contributed by atoms with Gasteiger partial charge in [-0.05, 0) is 32.2 Å². The van der Waals surface area contributed by atoms with Gasteiger partial charge in [-0.15, -0.1) is 0 Å². The monoisotopic (exact) mass is 214 g/mol. The van der Waals surface area contributed by atoms with Crippen molar-refractivity contribution in [2.24, 2.45) is 5.92 Å². The maximum Gasteiger partial charge on any atom is 0.0587 e. The predicted molar refractivity (Wildman–Crippen MR) is 64.2 cm³/mol. The van der Waals surface area contributed by atoms with Crippen molar-refractivity contribution in [2.75, 3.05) is 33.4 Å². The molecule has 15 heavy (non-hydrogen) atoms. The minimum atomic E-state index is 0.572. The Kier molecular flexibility index (Phi) is 6.98. The molecule has 0 radical (unpaired) electrons. The van der Waals surface area contributed by atoms with Gasteiger partial charge in [0.15, 0.2) is 0 Å². The third kappa shape index (κ3) is 6.13. The molecule has 0 amide bonds. The number of rotatable bonds is 8. The van der Waals surface area contributed by atoms with Gasteiger partial charge in [-0.1, -0.05) is 12.8 Å². The van der Waals surface area contributed by atoms with Crippen molar-refractivity contribution in [3.8, 4) is 0 Å². The summed E-state index contributed by atoms with van der Waals surface area (Å²) in [5.74, 6) is 0.937. The van der Waals surface area contributed by atoms with Gasteiger partial charge in [0.1, 0.15) is 0 Å². The normalized spacial score (nSPS) is 19.6. The van der Waals surface area contributed by atoms with Gasteiger partial charge in [-0.25, -0.2) is 0 Å². The van der Waals surface area contributed by atoms with Gasteiger partial charge >= 0.3 is 0 Å². The van der Waals surface area contributed by atoms with Gasteiger partial charge in [0.2, 0.25) is 0 Å². The van der Waals surface area contributed by atoms with Crippen LogP contribution in [0.15, 0.2) is 0 Å². The predicted octanol–water partition coefficient (Wildman–Crippen LogP) is 1.39. The molecule has 0 aromatic carbocycles. The van der Waals surface area contributed by atoms with Crippen molar-refractivity contribution < 1.29 is 4.74 Å². The second-order valence-electron chi connectivity index (χ2n) is 4.66. The van der Waals surface area contributed by atoms with Gasteiger partial charge in [0.25, 0.3) is 0 Å². The molecule has 1 fully saturated rings. The van der Waals surface area contributed by atoms with Crippen molar-refractivity contribution >= 4 is 0 Å². The molecule has 0 aromatic rings. The van der Waals surface area contributed by atoms with Gasteiger partial charge in [0.05, 0.1) is 6.61 Å². The fourth-order valence-corrected chi connectivity index (χ4v) is 2.15. The largest absolute Gasteiger partial charge is 0.383 e. The molecule has 2 N–H and O–H groups in total. The smallest absolute Gasteiger partial charge is 0.0587 e. The fraction of sp³-hybridized carbons (Fsp3) is 1.00. The van der Waals surface area contributed by atoms with Gasteiger partial charge in [-0.2, -0.15) is 0 Å². The van der Waals surface area contributed by atoms with E-state index in [4.69, 9.17) is 4.74 Å². The summed E-state index contributed by atoms with van der Waals surface area (Å²) in [7, 11) is 1.74. The Balaban J connectivity index is 1.90. The lowest BCUT2D eigenvalue weighted by atomic mass is 10.1. The average molecular weight is 214 g/mol. The van der Waals surface area contributed by atoms with Gasteiger partial charge in [-0.3, -0.25) is 0 Å². The lowest BCUT2D eigenvalue weighted by Crippen LogP contribution is -2.39. The highest BCUT2D eigenvalue weighted by Crippen LogP contribution is 2.23. The summed E-state index contributed by atoms with van der Waals surface area (Å²) in [5, 5.41) is 6.97. The van der Waals surface area contributed by atoms with Crippen LogP contribution >= 0.6 is 0 Å². The van der Waals surface area contributed by atoms with Crippen LogP contribution in [0, 0.1) is 5.92 Å². The molecule has 0 bridgehead atoms. The SMILES string of the molecule is COCCNCC(C)NCC1CCCC1. The van der Waals surface area contributed by atoms with Crippen LogP contribution < -0.4 is 10.6 Å². The van der Waals surface area contributed by atoms with E-state index >= 15 is 0 Å². The van der Waals surface area contributed by atoms with E-state index in [-0.39, 0.29) is 0 Å². The molecule has 1 atom stereocenters. The minimum Gasteiger partial charge on any atom is -0.383 e. The molecule has 0 aromatic heterocycles. The zero-order valence-corrected chi connectivity index (χ0v) is 10.2. The van der Waals surface area contributed by atoms with E-state index in [1.54, 1.807) is 7.11 Å². The Morgan fingerprint density at radius 2 is 2.07 bits per heavy atom. The van der Waals surface area contributed by atoms with E-state index in [0.717, 1.165) is 25.6 Å². The quantitative estimate of drug-likeness (QED) is 0.599. The summed E-state index contributed by atoms with van der Waals surface area (Å²) in [6.07, 6.45) is 5.73.